The lowest BCUT2D eigenvalue weighted by atomic mass is 10.1. The molecule has 94 valence electrons. The predicted molar refractivity (Wildman–Crippen MR) is 69.9 cm³/mol. The minimum Gasteiger partial charge on any atom is -0.379 e. The first kappa shape index (κ1) is 14.2. The van der Waals surface area contributed by atoms with Crippen molar-refractivity contribution in [3.05, 3.63) is 29.8 Å². The summed E-state index contributed by atoms with van der Waals surface area (Å²) in [4.78, 5) is 12.9. The van der Waals surface area contributed by atoms with E-state index in [2.05, 4.69) is 0 Å². The van der Waals surface area contributed by atoms with Crippen molar-refractivity contribution in [2.24, 2.45) is 0 Å². The number of carbonyl (C=O) groups excluding carboxylic acids is 1. The highest BCUT2D eigenvalue weighted by atomic mass is 32.2. The van der Waals surface area contributed by atoms with Gasteiger partial charge >= 0.3 is 0 Å². The van der Waals surface area contributed by atoms with Gasteiger partial charge in [0.15, 0.2) is 5.78 Å². The van der Waals surface area contributed by atoms with E-state index in [4.69, 9.17) is 9.47 Å². The average molecular weight is 254 g/mol. The van der Waals surface area contributed by atoms with Crippen molar-refractivity contribution in [2.75, 3.05) is 32.7 Å². The molecular formula is C13H18O3S. The quantitative estimate of drug-likeness (QED) is 0.406. The molecule has 0 saturated carbocycles. The number of rotatable bonds is 8. The van der Waals surface area contributed by atoms with Crippen molar-refractivity contribution < 1.29 is 14.3 Å². The highest BCUT2D eigenvalue weighted by Crippen LogP contribution is 2.16. The highest BCUT2D eigenvalue weighted by Gasteiger charge is 2.06. The second-order valence-electron chi connectivity index (χ2n) is 3.40. The summed E-state index contributed by atoms with van der Waals surface area (Å²) in [6.07, 6.45) is 1.99. The summed E-state index contributed by atoms with van der Waals surface area (Å²) in [5.74, 6) is 0.0115. The molecule has 0 N–H and O–H groups in total. The maximum absolute atomic E-state index is 11.8. The van der Waals surface area contributed by atoms with Crippen LogP contribution >= 0.6 is 11.8 Å². The summed E-state index contributed by atoms with van der Waals surface area (Å²) in [5.41, 5.74) is 0.702. The fourth-order valence-electron chi connectivity index (χ4n) is 1.31. The van der Waals surface area contributed by atoms with Crippen molar-refractivity contribution in [1.29, 1.82) is 0 Å². The molecule has 1 aromatic carbocycles. The third-order valence-electron chi connectivity index (χ3n) is 2.20. The van der Waals surface area contributed by atoms with Crippen molar-refractivity contribution in [1.82, 2.24) is 0 Å². The molecule has 0 radical (unpaired) electrons. The van der Waals surface area contributed by atoms with Crippen LogP contribution in [0, 0.1) is 0 Å². The first-order valence-electron chi connectivity index (χ1n) is 5.60. The fraction of sp³-hybridized carbons (Fsp3) is 0.462. The molecule has 0 aromatic heterocycles. The van der Waals surface area contributed by atoms with Gasteiger partial charge in [-0.15, -0.1) is 11.8 Å². The van der Waals surface area contributed by atoms with Crippen LogP contribution in [-0.2, 0) is 9.47 Å². The lowest BCUT2D eigenvalue weighted by molar-refractivity contribution is 0.0475. The molecule has 0 amide bonds. The second kappa shape index (κ2) is 8.28. The van der Waals surface area contributed by atoms with Crippen LogP contribution in [0.3, 0.4) is 0 Å². The molecule has 0 atom stereocenters. The van der Waals surface area contributed by atoms with Crippen LogP contribution in [0.4, 0.5) is 0 Å². The van der Waals surface area contributed by atoms with E-state index < -0.39 is 0 Å². The molecule has 0 heterocycles. The van der Waals surface area contributed by atoms with Gasteiger partial charge in [0.05, 0.1) is 13.2 Å². The molecule has 0 saturated heterocycles. The molecule has 17 heavy (non-hydrogen) atoms. The number of ether oxygens (including phenoxy) is 2. The molecule has 0 unspecified atom stereocenters. The minimum atomic E-state index is 0.0115. The van der Waals surface area contributed by atoms with Crippen LogP contribution in [0.1, 0.15) is 17.3 Å². The molecule has 0 bridgehead atoms. The molecule has 0 aliphatic carbocycles. The van der Waals surface area contributed by atoms with E-state index >= 15 is 0 Å². The van der Waals surface area contributed by atoms with Crippen molar-refractivity contribution in [2.45, 2.75) is 11.8 Å². The average Bonchev–Trinajstić information content (AvgIpc) is 2.38. The number of hydrogen-bond acceptors (Lipinski definition) is 4. The number of carbonyl (C=O) groups is 1. The van der Waals surface area contributed by atoms with Gasteiger partial charge in [-0.2, -0.15) is 0 Å². The Kier molecular flexibility index (Phi) is 6.93. The Morgan fingerprint density at radius 1 is 1.29 bits per heavy atom. The Labute approximate surface area is 106 Å². The zero-order valence-corrected chi connectivity index (χ0v) is 11.1. The molecule has 1 rings (SSSR count). The number of ketones is 1. The number of hydrogen-bond donors (Lipinski definition) is 0. The standard InChI is InChI=1S/C13H18O3S/c1-3-15-7-8-16-10-13(14)11-5-4-6-12(9-11)17-2/h4-6,9H,3,7-8,10H2,1-2H3. The SMILES string of the molecule is CCOCCOCC(=O)c1cccc(SC)c1. The smallest absolute Gasteiger partial charge is 0.188 e. The van der Waals surface area contributed by atoms with Gasteiger partial charge in [-0.1, -0.05) is 12.1 Å². The summed E-state index contributed by atoms with van der Waals surface area (Å²) in [5, 5.41) is 0. The lowest BCUT2D eigenvalue weighted by Gasteiger charge is -2.05. The van der Waals surface area contributed by atoms with Crippen molar-refractivity contribution >= 4 is 17.5 Å². The second-order valence-corrected chi connectivity index (χ2v) is 4.28. The van der Waals surface area contributed by atoms with E-state index in [9.17, 15) is 4.79 Å². The lowest BCUT2D eigenvalue weighted by Crippen LogP contribution is -2.12. The van der Waals surface area contributed by atoms with Crippen LogP contribution < -0.4 is 0 Å². The Bertz CT molecular complexity index is 352. The van der Waals surface area contributed by atoms with E-state index in [1.165, 1.54) is 0 Å². The molecule has 0 fully saturated rings. The largest absolute Gasteiger partial charge is 0.379 e. The van der Waals surface area contributed by atoms with Gasteiger partial charge in [-0.05, 0) is 25.3 Å². The number of thioether (sulfide) groups is 1. The minimum absolute atomic E-state index is 0.0115. The van der Waals surface area contributed by atoms with E-state index in [1.54, 1.807) is 11.8 Å². The maximum atomic E-state index is 11.8. The Morgan fingerprint density at radius 3 is 2.76 bits per heavy atom. The fourth-order valence-corrected chi connectivity index (χ4v) is 1.77. The van der Waals surface area contributed by atoms with Gasteiger partial charge in [0, 0.05) is 17.1 Å². The molecule has 0 aliphatic heterocycles. The first-order chi connectivity index (χ1) is 8.27. The van der Waals surface area contributed by atoms with Gasteiger partial charge < -0.3 is 9.47 Å². The van der Waals surface area contributed by atoms with Gasteiger partial charge in [0.1, 0.15) is 6.61 Å². The van der Waals surface area contributed by atoms with Crippen LogP contribution in [0.5, 0.6) is 0 Å². The van der Waals surface area contributed by atoms with E-state index in [0.29, 0.717) is 25.4 Å². The summed E-state index contributed by atoms with van der Waals surface area (Å²) < 4.78 is 10.4. The first-order valence-corrected chi connectivity index (χ1v) is 6.83. The highest BCUT2D eigenvalue weighted by molar-refractivity contribution is 7.98. The van der Waals surface area contributed by atoms with Crippen LogP contribution in [0.25, 0.3) is 0 Å². The number of benzene rings is 1. The third-order valence-corrected chi connectivity index (χ3v) is 2.93. The Hall–Kier alpha value is -0.840. The molecule has 0 aliphatic rings. The molecular weight excluding hydrogens is 236 g/mol. The van der Waals surface area contributed by atoms with Crippen molar-refractivity contribution in [3.63, 3.8) is 0 Å². The van der Waals surface area contributed by atoms with Crippen molar-refractivity contribution in [3.8, 4) is 0 Å². The van der Waals surface area contributed by atoms with Gasteiger partial charge in [-0.25, -0.2) is 0 Å². The normalized spacial score (nSPS) is 10.5. The zero-order valence-electron chi connectivity index (χ0n) is 10.3. The monoisotopic (exact) mass is 254 g/mol. The van der Waals surface area contributed by atoms with Crippen LogP contribution in [0.2, 0.25) is 0 Å². The number of Topliss-reactive ketones (excluding diaryl/α,β-unsaturated/α-hetero) is 1. The molecule has 4 heteroatoms. The molecule has 3 nitrogen and oxygen atoms in total. The summed E-state index contributed by atoms with van der Waals surface area (Å²) in [7, 11) is 0. The Balaban J connectivity index is 2.36. The summed E-state index contributed by atoms with van der Waals surface area (Å²) in [6.45, 7) is 3.72. The van der Waals surface area contributed by atoms with Crippen LogP contribution in [-0.4, -0.2) is 38.5 Å². The summed E-state index contributed by atoms with van der Waals surface area (Å²) in [6, 6.07) is 7.57. The Morgan fingerprint density at radius 2 is 2.06 bits per heavy atom. The topological polar surface area (TPSA) is 35.5 Å². The van der Waals surface area contributed by atoms with Crippen LogP contribution in [0.15, 0.2) is 29.2 Å². The molecule has 1 aromatic rings. The van der Waals surface area contributed by atoms with E-state index in [-0.39, 0.29) is 12.4 Å². The van der Waals surface area contributed by atoms with Gasteiger partial charge in [0.2, 0.25) is 0 Å². The van der Waals surface area contributed by atoms with E-state index in [1.807, 2.05) is 37.4 Å². The maximum Gasteiger partial charge on any atom is 0.188 e. The third kappa shape index (κ3) is 5.35. The van der Waals surface area contributed by atoms with E-state index in [0.717, 1.165) is 4.90 Å². The predicted octanol–water partition coefficient (Wildman–Crippen LogP) is 2.64. The van der Waals surface area contributed by atoms with Gasteiger partial charge in [0.25, 0.3) is 0 Å². The summed E-state index contributed by atoms with van der Waals surface area (Å²) >= 11 is 1.62. The molecule has 0 spiro atoms. The van der Waals surface area contributed by atoms with Gasteiger partial charge in [-0.3, -0.25) is 4.79 Å². The zero-order chi connectivity index (χ0) is 12.5.